The first-order valence-electron chi connectivity index (χ1n) is 7.47. The van der Waals surface area contributed by atoms with Crippen LogP contribution in [0.5, 0.6) is 0 Å². The van der Waals surface area contributed by atoms with Gasteiger partial charge in [0.2, 0.25) is 0 Å². The second-order valence-electron chi connectivity index (χ2n) is 5.24. The van der Waals surface area contributed by atoms with Crippen molar-refractivity contribution in [2.45, 2.75) is 58.5 Å². The number of ether oxygens (including phenoxy) is 2. The van der Waals surface area contributed by atoms with Crippen LogP contribution < -0.4 is 0 Å². The average molecular weight is 250 g/mol. The standard InChI is InChI=1S/C16H26O2/c1-3-17-15-9-5-13(6-10-15)14-7-11-16(12-8-14)18-4-2/h5,9,14,16H,3-4,6-8,10-12H2,1-2H3. The molecule has 0 aromatic carbocycles. The molecule has 1 saturated carbocycles. The predicted molar refractivity (Wildman–Crippen MR) is 74.4 cm³/mol. The molecule has 102 valence electrons. The highest BCUT2D eigenvalue weighted by Gasteiger charge is 2.24. The second kappa shape index (κ2) is 6.98. The Morgan fingerprint density at radius 1 is 1.00 bits per heavy atom. The van der Waals surface area contributed by atoms with E-state index in [-0.39, 0.29) is 0 Å². The van der Waals surface area contributed by atoms with Crippen LogP contribution in [0.1, 0.15) is 52.4 Å². The molecule has 2 nitrogen and oxygen atoms in total. The number of rotatable bonds is 5. The van der Waals surface area contributed by atoms with E-state index in [4.69, 9.17) is 9.47 Å². The minimum atomic E-state index is 0.518. The van der Waals surface area contributed by atoms with E-state index in [0.717, 1.165) is 31.3 Å². The number of allylic oxidation sites excluding steroid dienone is 4. The molecule has 0 aliphatic heterocycles. The van der Waals surface area contributed by atoms with E-state index in [0.29, 0.717) is 6.10 Å². The van der Waals surface area contributed by atoms with Crippen molar-refractivity contribution in [1.29, 1.82) is 0 Å². The van der Waals surface area contributed by atoms with E-state index in [9.17, 15) is 0 Å². The van der Waals surface area contributed by atoms with E-state index in [1.807, 2.05) is 0 Å². The Kier molecular flexibility index (Phi) is 5.30. The van der Waals surface area contributed by atoms with Crippen molar-refractivity contribution in [1.82, 2.24) is 0 Å². The van der Waals surface area contributed by atoms with Gasteiger partial charge in [0, 0.05) is 13.0 Å². The normalized spacial score (nSPS) is 28.6. The molecule has 0 saturated heterocycles. The lowest BCUT2D eigenvalue weighted by Gasteiger charge is -2.31. The van der Waals surface area contributed by atoms with Crippen LogP contribution in [-0.4, -0.2) is 19.3 Å². The molecule has 0 N–H and O–H groups in total. The molecule has 0 unspecified atom stereocenters. The van der Waals surface area contributed by atoms with Gasteiger partial charge in [-0.2, -0.15) is 0 Å². The number of hydrogen-bond donors (Lipinski definition) is 0. The molecule has 0 amide bonds. The summed E-state index contributed by atoms with van der Waals surface area (Å²) in [5, 5.41) is 0. The first kappa shape index (κ1) is 13.7. The van der Waals surface area contributed by atoms with Crippen molar-refractivity contribution in [3.63, 3.8) is 0 Å². The van der Waals surface area contributed by atoms with Crippen LogP contribution in [0, 0.1) is 5.92 Å². The monoisotopic (exact) mass is 250 g/mol. The maximum atomic E-state index is 5.72. The average Bonchev–Trinajstić information content (AvgIpc) is 2.41. The summed E-state index contributed by atoms with van der Waals surface area (Å²) in [6.07, 6.45) is 12.3. The SMILES string of the molecule is CCOC1=CC=C(C2CCC(OCC)CC2)CC1. The van der Waals surface area contributed by atoms with Gasteiger partial charge in [0.15, 0.2) is 0 Å². The fourth-order valence-electron chi connectivity index (χ4n) is 3.12. The summed E-state index contributed by atoms with van der Waals surface area (Å²) in [5.41, 5.74) is 1.63. The van der Waals surface area contributed by atoms with Gasteiger partial charge in [0.25, 0.3) is 0 Å². The minimum Gasteiger partial charge on any atom is -0.498 e. The van der Waals surface area contributed by atoms with Crippen molar-refractivity contribution < 1.29 is 9.47 Å². The van der Waals surface area contributed by atoms with Crippen LogP contribution in [-0.2, 0) is 9.47 Å². The van der Waals surface area contributed by atoms with Crippen LogP contribution in [0.2, 0.25) is 0 Å². The quantitative estimate of drug-likeness (QED) is 0.727. The van der Waals surface area contributed by atoms with Gasteiger partial charge in [-0.3, -0.25) is 0 Å². The van der Waals surface area contributed by atoms with Crippen molar-refractivity contribution >= 4 is 0 Å². The van der Waals surface area contributed by atoms with Crippen LogP contribution in [0.25, 0.3) is 0 Å². The highest BCUT2D eigenvalue weighted by atomic mass is 16.5. The largest absolute Gasteiger partial charge is 0.498 e. The third-order valence-electron chi connectivity index (χ3n) is 4.07. The van der Waals surface area contributed by atoms with E-state index in [1.54, 1.807) is 5.57 Å². The Morgan fingerprint density at radius 3 is 2.33 bits per heavy atom. The third-order valence-corrected chi connectivity index (χ3v) is 4.07. The van der Waals surface area contributed by atoms with Crippen molar-refractivity contribution in [2.75, 3.05) is 13.2 Å². The zero-order valence-corrected chi connectivity index (χ0v) is 11.8. The summed E-state index contributed by atoms with van der Waals surface area (Å²) in [7, 11) is 0. The second-order valence-corrected chi connectivity index (χ2v) is 5.24. The van der Waals surface area contributed by atoms with Crippen molar-refractivity contribution in [2.24, 2.45) is 5.92 Å². The molecule has 0 aromatic rings. The molecule has 1 fully saturated rings. The Bertz CT molecular complexity index is 309. The van der Waals surface area contributed by atoms with E-state index in [2.05, 4.69) is 26.0 Å². The molecule has 0 spiro atoms. The molecular formula is C16H26O2. The topological polar surface area (TPSA) is 18.5 Å². The number of hydrogen-bond acceptors (Lipinski definition) is 2. The highest BCUT2D eigenvalue weighted by Crippen LogP contribution is 2.35. The van der Waals surface area contributed by atoms with Gasteiger partial charge >= 0.3 is 0 Å². The minimum absolute atomic E-state index is 0.518. The zero-order valence-electron chi connectivity index (χ0n) is 11.8. The smallest absolute Gasteiger partial charge is 0.0962 e. The van der Waals surface area contributed by atoms with Gasteiger partial charge in [-0.25, -0.2) is 0 Å². The molecule has 2 aliphatic rings. The molecule has 18 heavy (non-hydrogen) atoms. The zero-order chi connectivity index (χ0) is 12.8. The van der Waals surface area contributed by atoms with E-state index < -0.39 is 0 Å². The third kappa shape index (κ3) is 3.61. The maximum absolute atomic E-state index is 5.72. The molecule has 0 radical (unpaired) electrons. The van der Waals surface area contributed by atoms with E-state index >= 15 is 0 Å². The van der Waals surface area contributed by atoms with Gasteiger partial charge in [-0.05, 0) is 57.9 Å². The maximum Gasteiger partial charge on any atom is 0.0962 e. The summed E-state index contributed by atoms with van der Waals surface area (Å²) >= 11 is 0. The summed E-state index contributed by atoms with van der Waals surface area (Å²) < 4.78 is 11.3. The van der Waals surface area contributed by atoms with E-state index in [1.165, 1.54) is 32.1 Å². The molecule has 2 aliphatic carbocycles. The highest BCUT2D eigenvalue weighted by molar-refractivity contribution is 5.23. The Labute approximate surface area is 111 Å². The van der Waals surface area contributed by atoms with Gasteiger partial charge in [0.1, 0.15) is 0 Å². The summed E-state index contributed by atoms with van der Waals surface area (Å²) in [6.45, 7) is 5.79. The van der Waals surface area contributed by atoms with Gasteiger partial charge < -0.3 is 9.47 Å². The van der Waals surface area contributed by atoms with Gasteiger partial charge in [0.05, 0.1) is 18.5 Å². The summed E-state index contributed by atoms with van der Waals surface area (Å²) in [5.74, 6) is 1.95. The van der Waals surface area contributed by atoms with Gasteiger partial charge in [-0.15, -0.1) is 0 Å². The summed E-state index contributed by atoms with van der Waals surface area (Å²) in [4.78, 5) is 0. The fourth-order valence-corrected chi connectivity index (χ4v) is 3.12. The van der Waals surface area contributed by atoms with Crippen molar-refractivity contribution in [3.05, 3.63) is 23.5 Å². The lowest BCUT2D eigenvalue weighted by atomic mass is 9.79. The van der Waals surface area contributed by atoms with Crippen LogP contribution in [0.4, 0.5) is 0 Å². The molecule has 0 aromatic heterocycles. The summed E-state index contributed by atoms with van der Waals surface area (Å²) in [6, 6.07) is 0. The van der Waals surface area contributed by atoms with Gasteiger partial charge in [-0.1, -0.05) is 11.6 Å². The Hall–Kier alpha value is -0.760. The predicted octanol–water partition coefficient (Wildman–Crippen LogP) is 4.22. The molecule has 0 atom stereocenters. The lowest BCUT2D eigenvalue weighted by molar-refractivity contribution is 0.0289. The molecule has 0 heterocycles. The molecular weight excluding hydrogens is 224 g/mol. The first-order valence-corrected chi connectivity index (χ1v) is 7.47. The van der Waals surface area contributed by atoms with Crippen molar-refractivity contribution in [3.8, 4) is 0 Å². The fraction of sp³-hybridized carbons (Fsp3) is 0.750. The van der Waals surface area contributed by atoms with Crippen LogP contribution >= 0.6 is 0 Å². The Balaban J connectivity index is 1.83. The first-order chi connectivity index (χ1) is 8.83. The molecule has 0 bridgehead atoms. The molecule has 2 rings (SSSR count). The molecule has 2 heteroatoms. The van der Waals surface area contributed by atoms with Crippen LogP contribution in [0.15, 0.2) is 23.5 Å². The Morgan fingerprint density at radius 2 is 1.78 bits per heavy atom. The lowest BCUT2D eigenvalue weighted by Crippen LogP contribution is -2.23. The van der Waals surface area contributed by atoms with Crippen LogP contribution in [0.3, 0.4) is 0 Å².